The molecule has 1 aromatic heterocycles. The maximum absolute atomic E-state index is 10.2. The third-order valence-electron chi connectivity index (χ3n) is 6.54. The van der Waals surface area contributed by atoms with Crippen LogP contribution in [0.25, 0.3) is 6.08 Å². The van der Waals surface area contributed by atoms with Crippen LogP contribution in [-0.4, -0.2) is 59.2 Å². The molecule has 37 heavy (non-hydrogen) atoms. The monoisotopic (exact) mass is 502 g/mol. The molecular weight excluding hydrogens is 464 g/mol. The summed E-state index contributed by atoms with van der Waals surface area (Å²) in [5.41, 5.74) is 5.57. The molecule has 7 heteroatoms. The summed E-state index contributed by atoms with van der Waals surface area (Å²) in [5, 5.41) is 8.38. The second kappa shape index (κ2) is 14.1. The van der Waals surface area contributed by atoms with Crippen LogP contribution >= 0.6 is 0 Å². The van der Waals surface area contributed by atoms with Gasteiger partial charge in [-0.2, -0.15) is 0 Å². The number of hydrogen-bond acceptors (Lipinski definition) is 6. The lowest BCUT2D eigenvalue weighted by molar-refractivity contribution is 0.0697. The topological polar surface area (TPSA) is 78.8 Å². The Balaban J connectivity index is 0.000000356. The number of aromatic carboxylic acids is 1. The average molecular weight is 503 g/mol. The zero-order chi connectivity index (χ0) is 26.6. The summed E-state index contributed by atoms with van der Waals surface area (Å²) < 4.78 is 5.77. The van der Waals surface area contributed by atoms with Crippen molar-refractivity contribution < 1.29 is 14.6 Å². The third-order valence-corrected chi connectivity index (χ3v) is 6.54. The molecule has 1 saturated heterocycles. The molecule has 0 spiro atoms. The molecule has 2 heterocycles. The molecule has 3 aromatic rings. The van der Waals surface area contributed by atoms with E-state index in [4.69, 9.17) is 9.84 Å². The van der Waals surface area contributed by atoms with Gasteiger partial charge in [0, 0.05) is 50.7 Å². The van der Waals surface area contributed by atoms with Crippen molar-refractivity contribution in [1.82, 2.24) is 14.9 Å². The van der Waals surface area contributed by atoms with E-state index in [0.29, 0.717) is 5.56 Å². The Bertz CT molecular complexity index is 1160. The first-order valence-corrected chi connectivity index (χ1v) is 12.8. The molecule has 0 atom stereocenters. The van der Waals surface area contributed by atoms with Crippen molar-refractivity contribution in [3.8, 4) is 5.75 Å². The van der Waals surface area contributed by atoms with Crippen LogP contribution in [0.2, 0.25) is 0 Å². The number of aromatic nitrogens is 2. The lowest BCUT2D eigenvalue weighted by atomic mass is 9.95. The van der Waals surface area contributed by atoms with Gasteiger partial charge in [0.05, 0.1) is 12.7 Å². The number of hydrogen-bond donors (Lipinski definition) is 1. The minimum atomic E-state index is -0.879. The van der Waals surface area contributed by atoms with Crippen molar-refractivity contribution in [3.63, 3.8) is 0 Å². The molecule has 0 amide bonds. The van der Waals surface area contributed by atoms with Gasteiger partial charge in [0.25, 0.3) is 0 Å². The molecule has 1 aliphatic rings. The van der Waals surface area contributed by atoms with Gasteiger partial charge in [-0.25, -0.2) is 14.8 Å². The second-order valence-electron chi connectivity index (χ2n) is 9.09. The van der Waals surface area contributed by atoms with Crippen LogP contribution < -0.4 is 9.64 Å². The fourth-order valence-electron chi connectivity index (χ4n) is 4.27. The van der Waals surface area contributed by atoms with Crippen LogP contribution in [0.5, 0.6) is 5.75 Å². The van der Waals surface area contributed by atoms with E-state index >= 15 is 0 Å². The van der Waals surface area contributed by atoms with Gasteiger partial charge >= 0.3 is 5.97 Å². The van der Waals surface area contributed by atoms with Gasteiger partial charge in [-0.1, -0.05) is 43.7 Å². The maximum atomic E-state index is 10.2. The molecule has 196 valence electrons. The van der Waals surface area contributed by atoms with Crippen LogP contribution in [0.4, 0.5) is 5.95 Å². The van der Waals surface area contributed by atoms with E-state index < -0.39 is 5.97 Å². The molecule has 2 aromatic carbocycles. The zero-order valence-electron chi connectivity index (χ0n) is 22.4. The Kier molecular flexibility index (Phi) is 10.6. The van der Waals surface area contributed by atoms with Crippen LogP contribution in [0.1, 0.15) is 52.4 Å². The lowest BCUT2D eigenvalue weighted by Gasteiger charge is -2.35. The van der Waals surface area contributed by atoms with Crippen molar-refractivity contribution in [2.45, 2.75) is 40.2 Å². The number of benzene rings is 2. The summed E-state index contributed by atoms with van der Waals surface area (Å²) in [6.07, 6.45) is 10.5. The highest BCUT2D eigenvalue weighted by Gasteiger charge is 2.22. The average Bonchev–Trinajstić information content (AvgIpc) is 2.94. The predicted molar refractivity (Wildman–Crippen MR) is 149 cm³/mol. The molecule has 0 radical (unpaired) electrons. The van der Waals surface area contributed by atoms with Gasteiger partial charge in [-0.15, -0.1) is 0 Å². The quantitative estimate of drug-likeness (QED) is 0.428. The van der Waals surface area contributed by atoms with Crippen LogP contribution in [0.3, 0.4) is 0 Å². The van der Waals surface area contributed by atoms with E-state index in [1.807, 2.05) is 18.5 Å². The zero-order valence-corrected chi connectivity index (χ0v) is 22.4. The van der Waals surface area contributed by atoms with Crippen molar-refractivity contribution in [2.24, 2.45) is 0 Å². The summed E-state index contributed by atoms with van der Waals surface area (Å²) in [6, 6.07) is 12.3. The molecule has 7 nitrogen and oxygen atoms in total. The van der Waals surface area contributed by atoms with Gasteiger partial charge < -0.3 is 14.7 Å². The summed E-state index contributed by atoms with van der Waals surface area (Å²) in [4.78, 5) is 23.7. The molecule has 0 unspecified atom stereocenters. The first kappa shape index (κ1) is 27.9. The van der Waals surface area contributed by atoms with Crippen molar-refractivity contribution >= 4 is 18.0 Å². The second-order valence-corrected chi connectivity index (χ2v) is 9.09. The highest BCUT2D eigenvalue weighted by atomic mass is 16.5. The number of aryl methyl sites for hydroxylation is 1. The predicted octanol–water partition coefficient (Wildman–Crippen LogP) is 5.62. The normalized spacial score (nSPS) is 13.8. The minimum absolute atomic E-state index is 0.331. The van der Waals surface area contributed by atoms with E-state index in [-0.39, 0.29) is 0 Å². The Hall–Kier alpha value is -3.71. The molecule has 0 saturated carbocycles. The Morgan fingerprint density at radius 3 is 2.30 bits per heavy atom. The summed E-state index contributed by atoms with van der Waals surface area (Å²) in [5.74, 6) is 0.942. The number of methoxy groups -OCH3 is 1. The van der Waals surface area contributed by atoms with E-state index in [9.17, 15) is 4.79 Å². The number of nitrogens with zero attached hydrogens (tertiary/aromatic N) is 4. The highest BCUT2D eigenvalue weighted by Crippen LogP contribution is 2.31. The maximum Gasteiger partial charge on any atom is 0.335 e. The Morgan fingerprint density at radius 2 is 1.73 bits per heavy atom. The van der Waals surface area contributed by atoms with E-state index in [0.717, 1.165) is 57.3 Å². The van der Waals surface area contributed by atoms with Gasteiger partial charge in [0.15, 0.2) is 0 Å². The van der Waals surface area contributed by atoms with Crippen molar-refractivity contribution in [2.75, 3.05) is 38.2 Å². The number of unbranched alkanes of at least 4 members (excludes halogenated alkanes) is 1. The number of anilines is 1. The number of carboxylic acid groups (broad SMARTS) is 1. The molecular formula is C30H38N4O3. The summed E-state index contributed by atoms with van der Waals surface area (Å²) >= 11 is 0. The lowest BCUT2D eigenvalue weighted by Crippen LogP contribution is -2.46. The number of carbonyl (C=O) groups is 1. The van der Waals surface area contributed by atoms with E-state index in [1.54, 1.807) is 37.4 Å². The first-order valence-electron chi connectivity index (χ1n) is 12.8. The molecule has 1 N–H and O–H groups in total. The SMILES string of the molecule is CCC/C=C\c1c(C)c(C)cc(OC)c1CN1CCN(c2ncccn2)CC1.O=C(O)c1ccccc1. The number of rotatable bonds is 8. The van der Waals surface area contributed by atoms with Gasteiger partial charge in [-0.3, -0.25) is 4.90 Å². The molecule has 4 rings (SSSR count). The van der Waals surface area contributed by atoms with E-state index in [1.165, 1.54) is 22.3 Å². The third kappa shape index (κ3) is 7.89. The first-order chi connectivity index (χ1) is 17.9. The highest BCUT2D eigenvalue weighted by molar-refractivity contribution is 5.87. The molecule has 0 bridgehead atoms. The minimum Gasteiger partial charge on any atom is -0.496 e. The number of piperazine rings is 1. The largest absolute Gasteiger partial charge is 0.496 e. The number of carboxylic acids is 1. The summed E-state index contributed by atoms with van der Waals surface area (Å²) in [7, 11) is 1.78. The van der Waals surface area contributed by atoms with Crippen molar-refractivity contribution in [3.05, 3.63) is 88.8 Å². The number of allylic oxidation sites excluding steroid dienone is 1. The Morgan fingerprint density at radius 1 is 1.05 bits per heavy atom. The van der Waals surface area contributed by atoms with E-state index in [2.05, 4.69) is 58.8 Å². The molecule has 0 aliphatic carbocycles. The van der Waals surface area contributed by atoms with Gasteiger partial charge in [-0.05, 0) is 61.2 Å². The standard InChI is InChI=1S/C23H32N4O.C7H6O2/c1-5-6-7-9-20-19(3)18(2)16-22(28-4)21(20)17-26-12-14-27(15-13-26)23-24-10-8-11-25-23;8-7(9)6-4-2-1-3-5-6/h7-11,16H,5-6,12-15,17H2,1-4H3;1-5H,(H,8,9)/b9-7-;. The fraction of sp³-hybridized carbons (Fsp3) is 0.367. The number of ether oxygens (including phenoxy) is 1. The smallest absolute Gasteiger partial charge is 0.335 e. The Labute approximate surface area is 220 Å². The summed E-state index contributed by atoms with van der Waals surface area (Å²) in [6.45, 7) is 11.4. The van der Waals surface area contributed by atoms with Crippen LogP contribution in [-0.2, 0) is 6.54 Å². The van der Waals surface area contributed by atoms with Crippen LogP contribution in [0.15, 0.2) is 60.9 Å². The fourth-order valence-corrected chi connectivity index (χ4v) is 4.27. The molecule has 1 aliphatic heterocycles. The van der Waals surface area contributed by atoms with Crippen molar-refractivity contribution in [1.29, 1.82) is 0 Å². The van der Waals surface area contributed by atoms with Gasteiger partial charge in [0.1, 0.15) is 5.75 Å². The van der Waals surface area contributed by atoms with Gasteiger partial charge in [0.2, 0.25) is 5.95 Å². The van der Waals surface area contributed by atoms with Crippen LogP contribution in [0, 0.1) is 13.8 Å². The molecule has 1 fully saturated rings.